The summed E-state index contributed by atoms with van der Waals surface area (Å²) in [6.45, 7) is 8.24. The molecule has 1 unspecified atom stereocenters. The van der Waals surface area contributed by atoms with Crippen LogP contribution >= 0.6 is 0 Å². The third-order valence-electron chi connectivity index (χ3n) is 4.04. The first kappa shape index (κ1) is 15.0. The third-order valence-corrected chi connectivity index (χ3v) is 4.04. The van der Waals surface area contributed by atoms with E-state index in [2.05, 4.69) is 32.2 Å². The van der Waals surface area contributed by atoms with Gasteiger partial charge in [-0.3, -0.25) is 4.79 Å². The van der Waals surface area contributed by atoms with Gasteiger partial charge >= 0.3 is 0 Å². The normalized spacial score (nSPS) is 19.4. The average Bonchev–Trinajstić information content (AvgIpc) is 2.85. The molecule has 1 aromatic carbocycles. The first-order valence-electron chi connectivity index (χ1n) is 7.50. The number of nitrogens with one attached hydrogen (secondary N) is 1. The van der Waals surface area contributed by atoms with Gasteiger partial charge in [0.2, 0.25) is 0 Å². The fourth-order valence-corrected chi connectivity index (χ4v) is 3.03. The summed E-state index contributed by atoms with van der Waals surface area (Å²) >= 11 is 0. The molecule has 1 amide bonds. The van der Waals surface area contributed by atoms with Gasteiger partial charge in [-0.05, 0) is 36.9 Å². The maximum Gasteiger partial charge on any atom is 0.254 e. The molecule has 1 N–H and O–H groups in total. The van der Waals surface area contributed by atoms with Crippen LogP contribution in [0.4, 0.5) is 0 Å². The molecule has 1 heterocycles. The number of benzene rings is 1. The zero-order chi connectivity index (χ0) is 14.8. The Bertz CT molecular complexity index is 476. The second-order valence-electron chi connectivity index (χ2n) is 6.65. The molecule has 20 heavy (non-hydrogen) atoms. The number of carbonyl (C=O) groups excluding carboxylic acids is 1. The van der Waals surface area contributed by atoms with Crippen molar-refractivity contribution in [3.05, 3.63) is 35.4 Å². The van der Waals surface area contributed by atoms with Crippen molar-refractivity contribution in [2.75, 3.05) is 20.1 Å². The Kier molecular flexibility index (Phi) is 4.48. The molecule has 0 bridgehead atoms. The van der Waals surface area contributed by atoms with Crippen molar-refractivity contribution in [1.82, 2.24) is 10.2 Å². The lowest BCUT2D eigenvalue weighted by Crippen LogP contribution is -2.41. The molecular formula is C17H26N2O. The summed E-state index contributed by atoms with van der Waals surface area (Å²) in [7, 11) is 1.95. The van der Waals surface area contributed by atoms with Gasteiger partial charge in [0.05, 0.1) is 0 Å². The second-order valence-corrected chi connectivity index (χ2v) is 6.65. The molecule has 3 nitrogen and oxygen atoms in total. The first-order chi connectivity index (χ1) is 9.45. The maximum absolute atomic E-state index is 12.9. The highest BCUT2D eigenvalue weighted by Crippen LogP contribution is 2.28. The van der Waals surface area contributed by atoms with Gasteiger partial charge in [-0.2, -0.15) is 0 Å². The minimum absolute atomic E-state index is 0.00944. The second kappa shape index (κ2) is 5.96. The van der Waals surface area contributed by atoms with Crippen LogP contribution in [-0.4, -0.2) is 37.0 Å². The van der Waals surface area contributed by atoms with Crippen LogP contribution in [0.25, 0.3) is 0 Å². The standard InChI is InChI=1S/C17H26N2O/c1-17(2,3)15-10-6-5-9-14(15)16(20)19-11-7-8-13(19)12-18-4/h5-6,9-10,13,18H,7-8,11-12H2,1-4H3. The molecule has 0 aromatic heterocycles. The van der Waals surface area contributed by atoms with Gasteiger partial charge in [-0.25, -0.2) is 0 Å². The van der Waals surface area contributed by atoms with Crippen LogP contribution in [0.15, 0.2) is 24.3 Å². The van der Waals surface area contributed by atoms with Crippen molar-refractivity contribution in [1.29, 1.82) is 0 Å². The summed E-state index contributed by atoms with van der Waals surface area (Å²) in [6.07, 6.45) is 2.21. The number of rotatable bonds is 3. The lowest BCUT2D eigenvalue weighted by atomic mass is 9.83. The van der Waals surface area contributed by atoms with Crippen LogP contribution in [-0.2, 0) is 5.41 Å². The minimum atomic E-state index is -0.00944. The molecule has 1 aliphatic rings. The molecule has 0 radical (unpaired) electrons. The largest absolute Gasteiger partial charge is 0.334 e. The number of likely N-dealkylation sites (N-methyl/N-ethyl adjacent to an activating group) is 1. The number of carbonyl (C=O) groups is 1. The van der Waals surface area contributed by atoms with Gasteiger partial charge in [0.1, 0.15) is 0 Å². The van der Waals surface area contributed by atoms with Crippen LogP contribution in [0, 0.1) is 0 Å². The molecule has 0 spiro atoms. The molecule has 3 heteroatoms. The van der Waals surface area contributed by atoms with E-state index in [0.29, 0.717) is 6.04 Å². The van der Waals surface area contributed by atoms with Crippen molar-refractivity contribution >= 4 is 5.91 Å². The molecule has 110 valence electrons. The van der Waals surface area contributed by atoms with Gasteiger partial charge < -0.3 is 10.2 Å². The van der Waals surface area contributed by atoms with E-state index in [9.17, 15) is 4.79 Å². The minimum Gasteiger partial charge on any atom is -0.334 e. The Labute approximate surface area is 122 Å². The Morgan fingerprint density at radius 1 is 1.35 bits per heavy atom. The van der Waals surface area contributed by atoms with Crippen LogP contribution in [0.3, 0.4) is 0 Å². The lowest BCUT2D eigenvalue weighted by Gasteiger charge is -2.28. The summed E-state index contributed by atoms with van der Waals surface area (Å²) in [5.74, 6) is 0.188. The number of amides is 1. The molecule has 0 aliphatic carbocycles. The van der Waals surface area contributed by atoms with Gasteiger partial charge in [0.25, 0.3) is 5.91 Å². The van der Waals surface area contributed by atoms with E-state index in [0.717, 1.165) is 37.1 Å². The molecule has 0 saturated carbocycles. The van der Waals surface area contributed by atoms with Crippen molar-refractivity contribution in [2.45, 2.75) is 45.1 Å². The summed E-state index contributed by atoms with van der Waals surface area (Å²) in [5.41, 5.74) is 1.99. The highest BCUT2D eigenvalue weighted by atomic mass is 16.2. The van der Waals surface area contributed by atoms with Gasteiger partial charge in [-0.15, -0.1) is 0 Å². The van der Waals surface area contributed by atoms with E-state index in [1.807, 2.05) is 30.1 Å². The summed E-state index contributed by atoms with van der Waals surface area (Å²) < 4.78 is 0. The van der Waals surface area contributed by atoms with Gasteiger partial charge in [-0.1, -0.05) is 39.0 Å². The topological polar surface area (TPSA) is 32.3 Å². The molecule has 1 aliphatic heterocycles. The highest BCUT2D eigenvalue weighted by Gasteiger charge is 2.31. The SMILES string of the molecule is CNCC1CCCN1C(=O)c1ccccc1C(C)(C)C. The third kappa shape index (κ3) is 3.04. The Balaban J connectivity index is 2.30. The first-order valence-corrected chi connectivity index (χ1v) is 7.50. The number of likely N-dealkylation sites (tertiary alicyclic amines) is 1. The van der Waals surface area contributed by atoms with E-state index in [-0.39, 0.29) is 11.3 Å². The predicted octanol–water partition coefficient (Wildman–Crippen LogP) is 2.81. The molecular weight excluding hydrogens is 248 g/mol. The van der Waals surface area contributed by atoms with E-state index in [4.69, 9.17) is 0 Å². The van der Waals surface area contributed by atoms with E-state index < -0.39 is 0 Å². The summed E-state index contributed by atoms with van der Waals surface area (Å²) in [4.78, 5) is 14.9. The van der Waals surface area contributed by atoms with Crippen molar-refractivity contribution in [2.24, 2.45) is 0 Å². The lowest BCUT2D eigenvalue weighted by molar-refractivity contribution is 0.0734. The average molecular weight is 274 g/mol. The fraction of sp³-hybridized carbons (Fsp3) is 0.588. The number of hydrogen-bond acceptors (Lipinski definition) is 2. The zero-order valence-electron chi connectivity index (χ0n) is 13.1. The summed E-state index contributed by atoms with van der Waals surface area (Å²) in [6, 6.07) is 8.37. The molecule has 1 saturated heterocycles. The van der Waals surface area contributed by atoms with E-state index >= 15 is 0 Å². The number of nitrogens with zero attached hydrogens (tertiary/aromatic N) is 1. The number of hydrogen-bond donors (Lipinski definition) is 1. The van der Waals surface area contributed by atoms with Crippen LogP contribution in [0.2, 0.25) is 0 Å². The monoisotopic (exact) mass is 274 g/mol. The van der Waals surface area contributed by atoms with E-state index in [1.165, 1.54) is 0 Å². The molecule has 2 rings (SSSR count). The van der Waals surface area contributed by atoms with E-state index in [1.54, 1.807) is 0 Å². The predicted molar refractivity (Wildman–Crippen MR) is 83.1 cm³/mol. The van der Waals surface area contributed by atoms with Crippen LogP contribution < -0.4 is 5.32 Å². The smallest absolute Gasteiger partial charge is 0.254 e. The summed E-state index contributed by atoms with van der Waals surface area (Å²) in [5, 5.41) is 3.20. The Hall–Kier alpha value is -1.35. The van der Waals surface area contributed by atoms with Gasteiger partial charge in [0.15, 0.2) is 0 Å². The van der Waals surface area contributed by atoms with Crippen LogP contribution in [0.5, 0.6) is 0 Å². The molecule has 1 fully saturated rings. The fourth-order valence-electron chi connectivity index (χ4n) is 3.03. The Morgan fingerprint density at radius 3 is 2.70 bits per heavy atom. The Morgan fingerprint density at radius 2 is 2.05 bits per heavy atom. The molecule has 1 atom stereocenters. The van der Waals surface area contributed by atoms with Crippen molar-refractivity contribution in [3.63, 3.8) is 0 Å². The van der Waals surface area contributed by atoms with Crippen molar-refractivity contribution < 1.29 is 4.79 Å². The van der Waals surface area contributed by atoms with Crippen molar-refractivity contribution in [3.8, 4) is 0 Å². The molecule has 1 aromatic rings. The van der Waals surface area contributed by atoms with Gasteiger partial charge in [0, 0.05) is 24.7 Å². The van der Waals surface area contributed by atoms with Crippen LogP contribution in [0.1, 0.15) is 49.5 Å². The zero-order valence-corrected chi connectivity index (χ0v) is 13.1. The highest BCUT2D eigenvalue weighted by molar-refractivity contribution is 5.96. The maximum atomic E-state index is 12.9. The quantitative estimate of drug-likeness (QED) is 0.919.